The monoisotopic (exact) mass is 500 g/mol. The second kappa shape index (κ2) is 10.1. The molecular weight excluding hydrogens is 474 g/mol. The summed E-state index contributed by atoms with van der Waals surface area (Å²) in [7, 11) is -3.79. The van der Waals surface area contributed by atoms with Gasteiger partial charge in [0, 0.05) is 19.2 Å². The van der Waals surface area contributed by atoms with E-state index in [0.29, 0.717) is 24.7 Å². The van der Waals surface area contributed by atoms with Crippen molar-refractivity contribution in [2.24, 2.45) is 0 Å². The second-order valence-electron chi connectivity index (χ2n) is 8.45. The number of likely N-dealkylation sites (tertiary alicyclic amines) is 1. The third kappa shape index (κ3) is 5.52. The maximum Gasteiger partial charge on any atom is 0.338 e. The van der Waals surface area contributed by atoms with Gasteiger partial charge in [-0.3, -0.25) is 9.21 Å². The summed E-state index contributed by atoms with van der Waals surface area (Å²) >= 11 is 0. The Labute approximate surface area is 203 Å². The fourth-order valence-electron chi connectivity index (χ4n) is 4.45. The number of sulfonamides is 1. The smallest absolute Gasteiger partial charge is 0.338 e. The van der Waals surface area contributed by atoms with Crippen LogP contribution in [0.5, 0.6) is 0 Å². The molecule has 0 aliphatic carbocycles. The van der Waals surface area contributed by atoms with Crippen molar-refractivity contribution in [3.05, 3.63) is 101 Å². The zero-order valence-electron chi connectivity index (χ0n) is 19.4. The first-order chi connectivity index (χ1) is 16.7. The Balaban J connectivity index is 1.62. The number of hydrogen-bond donors (Lipinski definition) is 0. The van der Waals surface area contributed by atoms with Crippen molar-refractivity contribution >= 4 is 21.7 Å². The summed E-state index contributed by atoms with van der Waals surface area (Å²) in [6.07, 6.45) is 1.03. The molecule has 1 unspecified atom stereocenters. The van der Waals surface area contributed by atoms with Crippen molar-refractivity contribution in [1.82, 2.24) is 4.90 Å². The maximum atomic E-state index is 13.8. The molecule has 0 amide bonds. The molecule has 1 aliphatic heterocycles. The number of anilines is 1. The lowest BCUT2D eigenvalue weighted by molar-refractivity contribution is 0.0526. The predicted molar refractivity (Wildman–Crippen MR) is 130 cm³/mol. The van der Waals surface area contributed by atoms with Crippen LogP contribution < -0.4 is 4.31 Å². The summed E-state index contributed by atoms with van der Waals surface area (Å²) in [5, 5.41) is 0. The Morgan fingerprint density at radius 1 is 1.00 bits per heavy atom. The lowest BCUT2D eigenvalue weighted by atomic mass is 9.92. The molecule has 184 valence electrons. The third-order valence-corrected chi connectivity index (χ3v) is 7.12. The van der Waals surface area contributed by atoms with Gasteiger partial charge in [0.1, 0.15) is 11.6 Å². The molecule has 6 nitrogen and oxygen atoms in total. The minimum absolute atomic E-state index is 0.0373. The molecule has 0 radical (unpaired) electrons. The van der Waals surface area contributed by atoms with E-state index in [1.165, 1.54) is 0 Å². The highest BCUT2D eigenvalue weighted by Gasteiger charge is 2.41. The zero-order chi connectivity index (χ0) is 25.2. The first-order valence-corrected chi connectivity index (χ1v) is 13.0. The lowest BCUT2D eigenvalue weighted by Crippen LogP contribution is -2.61. The van der Waals surface area contributed by atoms with Crippen LogP contribution in [0.25, 0.3) is 0 Å². The molecule has 1 atom stereocenters. The van der Waals surface area contributed by atoms with E-state index in [0.717, 1.165) is 33.8 Å². The molecule has 0 aromatic heterocycles. The van der Waals surface area contributed by atoms with Crippen molar-refractivity contribution in [2.45, 2.75) is 19.0 Å². The molecule has 3 aromatic rings. The van der Waals surface area contributed by atoms with Crippen LogP contribution in [0, 0.1) is 11.6 Å². The summed E-state index contributed by atoms with van der Waals surface area (Å²) in [6, 6.07) is 18.9. The highest BCUT2D eigenvalue weighted by atomic mass is 32.2. The summed E-state index contributed by atoms with van der Waals surface area (Å²) in [6.45, 7) is 2.74. The average molecular weight is 501 g/mol. The van der Waals surface area contributed by atoms with Gasteiger partial charge in [0.05, 0.1) is 36.2 Å². The van der Waals surface area contributed by atoms with Gasteiger partial charge in [0.25, 0.3) is 0 Å². The van der Waals surface area contributed by atoms with Crippen molar-refractivity contribution in [3.63, 3.8) is 0 Å². The van der Waals surface area contributed by atoms with Gasteiger partial charge < -0.3 is 4.74 Å². The number of ether oxygens (including phenoxy) is 1. The van der Waals surface area contributed by atoms with Crippen LogP contribution >= 0.6 is 0 Å². The van der Waals surface area contributed by atoms with Gasteiger partial charge in [0.2, 0.25) is 10.0 Å². The van der Waals surface area contributed by atoms with Crippen molar-refractivity contribution < 1.29 is 26.7 Å². The van der Waals surface area contributed by atoms with Crippen molar-refractivity contribution in [2.75, 3.05) is 30.3 Å². The van der Waals surface area contributed by atoms with Gasteiger partial charge in [-0.1, -0.05) is 42.5 Å². The third-order valence-electron chi connectivity index (χ3n) is 5.90. The molecule has 0 saturated carbocycles. The van der Waals surface area contributed by atoms with Crippen LogP contribution in [0.4, 0.5) is 14.5 Å². The lowest BCUT2D eigenvalue weighted by Gasteiger charge is -2.48. The number of rotatable bonds is 8. The highest BCUT2D eigenvalue weighted by molar-refractivity contribution is 7.92. The van der Waals surface area contributed by atoms with Crippen molar-refractivity contribution in [1.29, 1.82) is 0 Å². The normalized spacial score (nSPS) is 15.3. The van der Waals surface area contributed by atoms with Crippen molar-refractivity contribution in [3.8, 4) is 0 Å². The summed E-state index contributed by atoms with van der Waals surface area (Å²) in [5.41, 5.74) is 2.33. The fourth-order valence-corrected chi connectivity index (χ4v) is 5.62. The molecule has 1 fully saturated rings. The van der Waals surface area contributed by atoms with E-state index in [9.17, 15) is 22.0 Å². The summed E-state index contributed by atoms with van der Waals surface area (Å²) < 4.78 is 59.0. The Bertz CT molecular complexity index is 1270. The molecule has 0 bridgehead atoms. The van der Waals surface area contributed by atoms with E-state index in [2.05, 4.69) is 4.90 Å². The van der Waals surface area contributed by atoms with Gasteiger partial charge in [0.15, 0.2) is 0 Å². The highest BCUT2D eigenvalue weighted by Crippen LogP contribution is 2.36. The SMILES string of the molecule is CCOC(=O)c1ccc(C(c2ccccc2)N2CC(N(c3cc(F)cc(F)c3)S(C)(=O)=O)C2)cc1. The van der Waals surface area contributed by atoms with Gasteiger partial charge in [-0.25, -0.2) is 22.0 Å². The molecule has 1 saturated heterocycles. The quantitative estimate of drug-likeness (QED) is 0.430. The first-order valence-electron chi connectivity index (χ1n) is 11.2. The van der Waals surface area contributed by atoms with Gasteiger partial charge in [-0.05, 0) is 42.3 Å². The average Bonchev–Trinajstić information content (AvgIpc) is 2.77. The van der Waals surface area contributed by atoms with E-state index in [1.54, 1.807) is 19.1 Å². The van der Waals surface area contributed by atoms with Gasteiger partial charge in [-0.2, -0.15) is 0 Å². The molecule has 35 heavy (non-hydrogen) atoms. The predicted octanol–water partition coefficient (Wildman–Crippen LogP) is 4.38. The largest absolute Gasteiger partial charge is 0.462 e. The minimum atomic E-state index is -3.79. The van der Waals surface area contributed by atoms with E-state index in [4.69, 9.17) is 4.74 Å². The number of halogens is 2. The summed E-state index contributed by atoms with van der Waals surface area (Å²) in [5.74, 6) is -2.08. The minimum Gasteiger partial charge on any atom is -0.462 e. The van der Waals surface area contributed by atoms with E-state index < -0.39 is 33.7 Å². The van der Waals surface area contributed by atoms with Gasteiger partial charge >= 0.3 is 5.97 Å². The van der Waals surface area contributed by atoms with E-state index in [1.807, 2.05) is 42.5 Å². The molecule has 0 N–H and O–H groups in total. The van der Waals surface area contributed by atoms with Crippen LogP contribution in [-0.2, 0) is 14.8 Å². The van der Waals surface area contributed by atoms with Crippen LogP contribution in [-0.4, -0.2) is 51.3 Å². The molecule has 4 rings (SSSR count). The fraction of sp³-hybridized carbons (Fsp3) is 0.269. The standard InChI is InChI=1S/C26H26F2N2O4S/c1-3-34-26(31)20-11-9-19(10-12-20)25(18-7-5-4-6-8-18)29-16-24(17-29)30(35(2,32)33)23-14-21(27)13-22(28)15-23/h4-15,24-25H,3,16-17H2,1-2H3. The molecule has 3 aromatic carbocycles. The Hall–Kier alpha value is -3.30. The Morgan fingerprint density at radius 2 is 1.57 bits per heavy atom. The van der Waals surface area contributed by atoms with Crippen LogP contribution in [0.15, 0.2) is 72.8 Å². The first kappa shape index (κ1) is 24.8. The number of esters is 1. The zero-order valence-corrected chi connectivity index (χ0v) is 20.2. The summed E-state index contributed by atoms with van der Waals surface area (Å²) in [4.78, 5) is 14.1. The molecular formula is C26H26F2N2O4S. The Morgan fingerprint density at radius 3 is 2.11 bits per heavy atom. The second-order valence-corrected chi connectivity index (χ2v) is 10.3. The molecule has 1 heterocycles. The van der Waals surface area contributed by atoms with E-state index >= 15 is 0 Å². The number of carbonyl (C=O) groups excluding carboxylic acids is 1. The molecule has 9 heteroatoms. The van der Waals surface area contributed by atoms with E-state index in [-0.39, 0.29) is 18.3 Å². The molecule has 1 aliphatic rings. The van der Waals surface area contributed by atoms with Crippen LogP contribution in [0.3, 0.4) is 0 Å². The number of carbonyl (C=O) groups is 1. The van der Waals surface area contributed by atoms with Gasteiger partial charge in [-0.15, -0.1) is 0 Å². The van der Waals surface area contributed by atoms with Crippen LogP contribution in [0.1, 0.15) is 34.5 Å². The Kier molecular flexibility index (Phi) is 7.18. The number of hydrogen-bond acceptors (Lipinski definition) is 5. The maximum absolute atomic E-state index is 13.8. The number of benzene rings is 3. The van der Waals surface area contributed by atoms with Crippen LogP contribution in [0.2, 0.25) is 0 Å². The topological polar surface area (TPSA) is 66.9 Å². The molecule has 0 spiro atoms. The number of nitrogens with zero attached hydrogens (tertiary/aromatic N) is 2.